The molecule has 9 heteroatoms. The number of methoxy groups -OCH3 is 1. The molecular formula is C11H14ClNO5S2. The largest absolute Gasteiger partial charge is 0.495 e. The molecule has 0 radical (unpaired) electrons. The first kappa shape index (κ1) is 15.4. The van der Waals surface area contributed by atoms with Crippen molar-refractivity contribution in [2.75, 3.05) is 17.6 Å². The third-order valence-corrected chi connectivity index (χ3v) is 5.66. The lowest BCUT2D eigenvalue weighted by molar-refractivity contribution is 0.416. The number of anilines is 1. The molecule has 1 aromatic rings. The zero-order valence-corrected chi connectivity index (χ0v) is 13.1. The van der Waals surface area contributed by atoms with Crippen LogP contribution in [0.3, 0.4) is 0 Å². The van der Waals surface area contributed by atoms with Crippen molar-refractivity contribution in [1.29, 1.82) is 0 Å². The van der Waals surface area contributed by atoms with E-state index in [-0.39, 0.29) is 28.0 Å². The molecule has 0 atom stereocenters. The minimum Gasteiger partial charge on any atom is -0.495 e. The molecule has 0 heterocycles. The number of benzene rings is 1. The van der Waals surface area contributed by atoms with Crippen LogP contribution in [0.1, 0.15) is 12.8 Å². The van der Waals surface area contributed by atoms with Crippen molar-refractivity contribution in [1.82, 2.24) is 0 Å². The van der Waals surface area contributed by atoms with Crippen LogP contribution < -0.4 is 9.46 Å². The molecule has 0 amide bonds. The van der Waals surface area contributed by atoms with Crippen LogP contribution in [0.25, 0.3) is 0 Å². The highest BCUT2D eigenvalue weighted by Gasteiger charge is 2.28. The Bertz CT molecular complexity index is 710. The van der Waals surface area contributed by atoms with Gasteiger partial charge < -0.3 is 4.74 Å². The highest BCUT2D eigenvalue weighted by molar-refractivity contribution is 8.13. The van der Waals surface area contributed by atoms with Crippen LogP contribution in [-0.4, -0.2) is 29.7 Å². The Kier molecular flexibility index (Phi) is 4.17. The highest BCUT2D eigenvalue weighted by atomic mass is 35.7. The summed E-state index contributed by atoms with van der Waals surface area (Å²) in [5.41, 5.74) is 0.0647. The first-order chi connectivity index (χ1) is 9.21. The van der Waals surface area contributed by atoms with Crippen molar-refractivity contribution in [3.05, 3.63) is 18.2 Å². The van der Waals surface area contributed by atoms with E-state index in [1.165, 1.54) is 19.2 Å². The summed E-state index contributed by atoms with van der Waals surface area (Å²) in [6.07, 6.45) is 1.79. The smallest absolute Gasteiger partial charge is 0.261 e. The molecule has 0 aromatic heterocycles. The summed E-state index contributed by atoms with van der Waals surface area (Å²) in [6, 6.07) is 3.75. The zero-order valence-electron chi connectivity index (χ0n) is 10.7. The molecule has 1 aliphatic rings. The van der Waals surface area contributed by atoms with E-state index < -0.39 is 19.1 Å². The second-order valence-electron chi connectivity index (χ2n) is 4.63. The van der Waals surface area contributed by atoms with Crippen molar-refractivity contribution >= 4 is 35.4 Å². The molecule has 1 aromatic carbocycles. The average molecular weight is 340 g/mol. The Hall–Kier alpha value is -0.990. The van der Waals surface area contributed by atoms with Gasteiger partial charge in [0.15, 0.2) is 0 Å². The van der Waals surface area contributed by atoms with Crippen LogP contribution in [0, 0.1) is 5.92 Å². The number of hydrogen-bond donors (Lipinski definition) is 1. The molecule has 1 saturated carbocycles. The Balaban J connectivity index is 2.33. The van der Waals surface area contributed by atoms with Gasteiger partial charge in [0.05, 0.1) is 23.4 Å². The van der Waals surface area contributed by atoms with Gasteiger partial charge >= 0.3 is 0 Å². The van der Waals surface area contributed by atoms with E-state index in [1.807, 2.05) is 0 Å². The number of rotatable bonds is 6. The van der Waals surface area contributed by atoms with Crippen LogP contribution >= 0.6 is 10.7 Å². The topological polar surface area (TPSA) is 89.5 Å². The zero-order chi connectivity index (χ0) is 15.0. The van der Waals surface area contributed by atoms with E-state index in [0.717, 1.165) is 18.9 Å². The van der Waals surface area contributed by atoms with Crippen LogP contribution in [0.5, 0.6) is 5.75 Å². The van der Waals surface area contributed by atoms with E-state index in [1.54, 1.807) is 0 Å². The molecule has 0 bridgehead atoms. The lowest BCUT2D eigenvalue weighted by Gasteiger charge is -2.12. The van der Waals surface area contributed by atoms with E-state index in [0.29, 0.717) is 0 Å². The third kappa shape index (κ3) is 4.00. The molecule has 0 spiro atoms. The summed E-state index contributed by atoms with van der Waals surface area (Å²) in [5, 5.41) is 0. The Labute approximate surface area is 122 Å². The molecule has 0 saturated heterocycles. The maximum atomic E-state index is 11.9. The maximum absolute atomic E-state index is 11.9. The van der Waals surface area contributed by atoms with Gasteiger partial charge in [-0.2, -0.15) is 0 Å². The molecule has 1 fully saturated rings. The third-order valence-electron chi connectivity index (χ3n) is 2.87. The first-order valence-corrected chi connectivity index (χ1v) is 9.80. The van der Waals surface area contributed by atoms with Crippen molar-refractivity contribution in [2.45, 2.75) is 17.7 Å². The molecule has 0 aliphatic heterocycles. The van der Waals surface area contributed by atoms with Gasteiger partial charge in [-0.1, -0.05) is 0 Å². The molecule has 1 N–H and O–H groups in total. The Morgan fingerprint density at radius 1 is 1.30 bits per heavy atom. The van der Waals surface area contributed by atoms with Gasteiger partial charge in [0, 0.05) is 10.7 Å². The minimum absolute atomic E-state index is 0.0218. The van der Waals surface area contributed by atoms with Crippen LogP contribution in [0.4, 0.5) is 5.69 Å². The fourth-order valence-corrected chi connectivity index (χ4v) is 4.03. The van der Waals surface area contributed by atoms with Gasteiger partial charge in [-0.25, -0.2) is 16.8 Å². The van der Waals surface area contributed by atoms with E-state index >= 15 is 0 Å². The normalized spacial score (nSPS) is 15.9. The number of ether oxygens (including phenoxy) is 1. The standard InChI is InChI=1S/C11H14ClNO5S2/c1-18-11-5-4-9(20(12,16)17)6-10(11)13-19(14,15)7-8-2-3-8/h4-6,8,13H,2-3,7H2,1H3. The molecule has 0 unspecified atom stereocenters. The first-order valence-electron chi connectivity index (χ1n) is 5.84. The fourth-order valence-electron chi connectivity index (χ4n) is 1.72. The monoisotopic (exact) mass is 339 g/mol. The van der Waals surface area contributed by atoms with Crippen molar-refractivity contribution in [3.63, 3.8) is 0 Å². The van der Waals surface area contributed by atoms with Gasteiger partial charge in [-0.3, -0.25) is 4.72 Å². The molecule has 20 heavy (non-hydrogen) atoms. The average Bonchev–Trinajstić information content (AvgIpc) is 3.10. The predicted octanol–water partition coefficient (Wildman–Crippen LogP) is 1.77. The lowest BCUT2D eigenvalue weighted by atomic mass is 10.3. The number of nitrogens with one attached hydrogen (secondary N) is 1. The fraction of sp³-hybridized carbons (Fsp3) is 0.455. The molecule has 6 nitrogen and oxygen atoms in total. The van der Waals surface area contributed by atoms with Crippen LogP contribution in [0.15, 0.2) is 23.1 Å². The van der Waals surface area contributed by atoms with Crippen molar-refractivity contribution in [2.24, 2.45) is 5.92 Å². The number of sulfonamides is 1. The van der Waals surface area contributed by atoms with E-state index in [4.69, 9.17) is 15.4 Å². The summed E-state index contributed by atoms with van der Waals surface area (Å²) in [5.74, 6) is 0.431. The summed E-state index contributed by atoms with van der Waals surface area (Å²) < 4.78 is 53.8. The van der Waals surface area contributed by atoms with Gasteiger partial charge in [-0.05, 0) is 37.0 Å². The molecule has 112 valence electrons. The molecular weight excluding hydrogens is 326 g/mol. The summed E-state index contributed by atoms with van der Waals surface area (Å²) >= 11 is 0. The lowest BCUT2D eigenvalue weighted by Crippen LogP contribution is -2.18. The number of halogens is 1. The summed E-state index contributed by atoms with van der Waals surface area (Å²) in [6.45, 7) is 0. The SMILES string of the molecule is COc1ccc(S(=O)(=O)Cl)cc1NS(=O)(=O)CC1CC1. The van der Waals surface area contributed by atoms with Crippen molar-refractivity contribution < 1.29 is 21.6 Å². The maximum Gasteiger partial charge on any atom is 0.261 e. The van der Waals surface area contributed by atoms with Gasteiger partial charge in [0.1, 0.15) is 5.75 Å². The number of hydrogen-bond acceptors (Lipinski definition) is 5. The summed E-state index contributed by atoms with van der Waals surface area (Å²) in [7, 11) is -0.859. The molecule has 1 aliphatic carbocycles. The minimum atomic E-state index is -3.93. The van der Waals surface area contributed by atoms with Gasteiger partial charge in [-0.15, -0.1) is 0 Å². The second-order valence-corrected chi connectivity index (χ2v) is 8.96. The Morgan fingerprint density at radius 3 is 2.45 bits per heavy atom. The van der Waals surface area contributed by atoms with Crippen LogP contribution in [-0.2, 0) is 19.1 Å². The predicted molar refractivity (Wildman–Crippen MR) is 76.2 cm³/mol. The Morgan fingerprint density at radius 2 is 1.95 bits per heavy atom. The quantitative estimate of drug-likeness (QED) is 0.798. The highest BCUT2D eigenvalue weighted by Crippen LogP contribution is 2.33. The van der Waals surface area contributed by atoms with E-state index in [9.17, 15) is 16.8 Å². The van der Waals surface area contributed by atoms with Crippen molar-refractivity contribution in [3.8, 4) is 5.75 Å². The van der Waals surface area contributed by atoms with Gasteiger partial charge in [0.25, 0.3) is 9.05 Å². The van der Waals surface area contributed by atoms with Gasteiger partial charge in [0.2, 0.25) is 10.0 Å². The van der Waals surface area contributed by atoms with E-state index in [2.05, 4.69) is 4.72 Å². The molecule has 2 rings (SSSR count). The van der Waals surface area contributed by atoms with Crippen LogP contribution in [0.2, 0.25) is 0 Å². The summed E-state index contributed by atoms with van der Waals surface area (Å²) in [4.78, 5) is -0.191. The second kappa shape index (κ2) is 5.42.